The number of nitrogens with one attached hydrogen (secondary N) is 1. The summed E-state index contributed by atoms with van der Waals surface area (Å²) in [6.45, 7) is 0. The number of halogens is 2. The average Bonchev–Trinajstić information content (AvgIpc) is 2.84. The van der Waals surface area contributed by atoms with Gasteiger partial charge in [-0.1, -0.05) is 0 Å². The SMILES string of the molecule is COc1cc2c(=O)[nH]c(-c3ccc(Cl)o3)nc2cc1F. The molecule has 1 N–H and O–H groups in total. The highest BCUT2D eigenvalue weighted by molar-refractivity contribution is 6.28. The van der Waals surface area contributed by atoms with Crippen LogP contribution in [0.3, 0.4) is 0 Å². The van der Waals surface area contributed by atoms with E-state index in [0.29, 0.717) is 5.76 Å². The molecule has 0 bridgehead atoms. The number of rotatable bonds is 2. The maximum absolute atomic E-state index is 13.7. The van der Waals surface area contributed by atoms with E-state index in [1.165, 1.54) is 19.2 Å². The molecule has 2 heterocycles. The van der Waals surface area contributed by atoms with E-state index in [1.807, 2.05) is 0 Å². The number of aromatic nitrogens is 2. The summed E-state index contributed by atoms with van der Waals surface area (Å²) in [6, 6.07) is 5.52. The molecule has 0 spiro atoms. The Morgan fingerprint density at radius 2 is 2.20 bits per heavy atom. The van der Waals surface area contributed by atoms with E-state index < -0.39 is 11.4 Å². The topological polar surface area (TPSA) is 68.1 Å². The molecule has 7 heteroatoms. The van der Waals surface area contributed by atoms with Crippen LogP contribution in [0.5, 0.6) is 5.75 Å². The highest BCUT2D eigenvalue weighted by Crippen LogP contribution is 2.25. The molecule has 0 aliphatic rings. The Labute approximate surface area is 117 Å². The standard InChI is InChI=1S/C13H8ClFN2O3/c1-19-10-4-6-8(5-7(10)15)16-12(17-13(6)18)9-2-3-11(14)20-9/h2-5H,1H3,(H,16,17,18). The third-order valence-corrected chi connectivity index (χ3v) is 2.99. The first-order valence-electron chi connectivity index (χ1n) is 5.62. The lowest BCUT2D eigenvalue weighted by Crippen LogP contribution is -2.10. The molecule has 0 atom stereocenters. The van der Waals surface area contributed by atoms with Gasteiger partial charge in [0.25, 0.3) is 5.56 Å². The summed E-state index contributed by atoms with van der Waals surface area (Å²) in [7, 11) is 1.32. The Hall–Kier alpha value is -2.34. The van der Waals surface area contributed by atoms with Gasteiger partial charge >= 0.3 is 0 Å². The Kier molecular flexibility index (Phi) is 2.94. The molecule has 102 valence electrons. The van der Waals surface area contributed by atoms with Crippen LogP contribution in [0.1, 0.15) is 0 Å². The zero-order valence-electron chi connectivity index (χ0n) is 10.2. The molecule has 2 aromatic heterocycles. The third kappa shape index (κ3) is 2.04. The van der Waals surface area contributed by atoms with E-state index in [0.717, 1.165) is 6.07 Å². The summed E-state index contributed by atoms with van der Waals surface area (Å²) in [6.07, 6.45) is 0. The lowest BCUT2D eigenvalue weighted by molar-refractivity contribution is 0.387. The minimum Gasteiger partial charge on any atom is -0.494 e. The van der Waals surface area contributed by atoms with Crippen LogP contribution in [-0.4, -0.2) is 17.1 Å². The van der Waals surface area contributed by atoms with Gasteiger partial charge in [0.1, 0.15) is 0 Å². The van der Waals surface area contributed by atoms with Crippen LogP contribution in [0, 0.1) is 5.82 Å². The fourth-order valence-corrected chi connectivity index (χ4v) is 2.00. The quantitative estimate of drug-likeness (QED) is 0.789. The molecule has 0 unspecified atom stereocenters. The second-order valence-corrected chi connectivity index (χ2v) is 4.39. The molecular formula is C13H8ClFN2O3. The van der Waals surface area contributed by atoms with Crippen molar-refractivity contribution in [2.75, 3.05) is 7.11 Å². The number of H-pyrrole nitrogens is 1. The third-order valence-electron chi connectivity index (χ3n) is 2.79. The molecule has 3 aromatic rings. The second kappa shape index (κ2) is 4.64. The highest BCUT2D eigenvalue weighted by Gasteiger charge is 2.12. The lowest BCUT2D eigenvalue weighted by Gasteiger charge is -2.04. The van der Waals surface area contributed by atoms with Crippen LogP contribution < -0.4 is 10.3 Å². The van der Waals surface area contributed by atoms with Crippen LogP contribution in [0.25, 0.3) is 22.5 Å². The van der Waals surface area contributed by atoms with E-state index in [2.05, 4.69) is 9.97 Å². The number of ether oxygens (including phenoxy) is 1. The number of benzene rings is 1. The average molecular weight is 295 g/mol. The van der Waals surface area contributed by atoms with Gasteiger partial charge in [0.2, 0.25) is 0 Å². The smallest absolute Gasteiger partial charge is 0.259 e. The fraction of sp³-hybridized carbons (Fsp3) is 0.0769. The predicted molar refractivity (Wildman–Crippen MR) is 71.6 cm³/mol. The molecule has 0 fully saturated rings. The first-order chi connectivity index (χ1) is 9.58. The molecule has 0 radical (unpaired) electrons. The van der Waals surface area contributed by atoms with Crippen molar-refractivity contribution in [1.29, 1.82) is 0 Å². The van der Waals surface area contributed by atoms with Gasteiger partial charge in [-0.3, -0.25) is 4.79 Å². The second-order valence-electron chi connectivity index (χ2n) is 4.02. The molecule has 0 saturated heterocycles. The molecule has 0 saturated carbocycles. The number of methoxy groups -OCH3 is 1. The zero-order valence-corrected chi connectivity index (χ0v) is 11.0. The molecule has 0 aliphatic carbocycles. The normalized spacial score (nSPS) is 10.9. The Bertz CT molecular complexity index is 856. The summed E-state index contributed by atoms with van der Waals surface area (Å²) < 4.78 is 23.7. The summed E-state index contributed by atoms with van der Waals surface area (Å²) in [5.74, 6) is -0.135. The van der Waals surface area contributed by atoms with E-state index >= 15 is 0 Å². The van der Waals surface area contributed by atoms with Crippen LogP contribution >= 0.6 is 11.6 Å². The first-order valence-corrected chi connectivity index (χ1v) is 5.99. The number of fused-ring (bicyclic) bond motifs is 1. The number of furan rings is 1. The summed E-state index contributed by atoms with van der Waals surface area (Å²) in [4.78, 5) is 18.7. The van der Waals surface area contributed by atoms with Gasteiger partial charge < -0.3 is 14.1 Å². The van der Waals surface area contributed by atoms with Gasteiger partial charge in [0.05, 0.1) is 18.0 Å². The lowest BCUT2D eigenvalue weighted by atomic mass is 10.2. The van der Waals surface area contributed by atoms with Crippen molar-refractivity contribution in [2.24, 2.45) is 0 Å². The number of nitrogens with zero attached hydrogens (tertiary/aromatic N) is 1. The van der Waals surface area contributed by atoms with Crippen molar-refractivity contribution < 1.29 is 13.5 Å². The summed E-state index contributed by atoms with van der Waals surface area (Å²) in [5, 5.41) is 0.397. The molecule has 0 aliphatic heterocycles. The van der Waals surface area contributed by atoms with E-state index in [4.69, 9.17) is 20.8 Å². The Morgan fingerprint density at radius 3 is 2.85 bits per heavy atom. The van der Waals surface area contributed by atoms with Crippen LogP contribution in [0.4, 0.5) is 4.39 Å². The van der Waals surface area contributed by atoms with E-state index in [1.54, 1.807) is 6.07 Å². The number of aromatic amines is 1. The van der Waals surface area contributed by atoms with Gasteiger partial charge in [0, 0.05) is 6.07 Å². The maximum atomic E-state index is 13.7. The van der Waals surface area contributed by atoms with Gasteiger partial charge in [0.15, 0.2) is 28.4 Å². The van der Waals surface area contributed by atoms with Gasteiger partial charge in [-0.15, -0.1) is 0 Å². The van der Waals surface area contributed by atoms with E-state index in [-0.39, 0.29) is 27.7 Å². The molecule has 1 aromatic carbocycles. The predicted octanol–water partition coefficient (Wildman–Crippen LogP) is 2.98. The van der Waals surface area contributed by atoms with Gasteiger partial charge in [-0.2, -0.15) is 0 Å². The molecule has 5 nitrogen and oxygen atoms in total. The summed E-state index contributed by atoms with van der Waals surface area (Å²) in [5.41, 5.74) is -0.217. The minimum atomic E-state index is -0.596. The van der Waals surface area contributed by atoms with Crippen molar-refractivity contribution in [3.8, 4) is 17.3 Å². The van der Waals surface area contributed by atoms with Gasteiger partial charge in [-0.05, 0) is 29.8 Å². The van der Waals surface area contributed by atoms with Crippen molar-refractivity contribution in [2.45, 2.75) is 0 Å². The van der Waals surface area contributed by atoms with Crippen molar-refractivity contribution in [3.63, 3.8) is 0 Å². The van der Waals surface area contributed by atoms with Crippen LogP contribution in [0.2, 0.25) is 5.22 Å². The Morgan fingerprint density at radius 1 is 1.40 bits per heavy atom. The summed E-state index contributed by atoms with van der Waals surface area (Å²) >= 11 is 5.67. The fourth-order valence-electron chi connectivity index (χ4n) is 1.86. The van der Waals surface area contributed by atoms with E-state index in [9.17, 15) is 9.18 Å². The molecule has 20 heavy (non-hydrogen) atoms. The minimum absolute atomic E-state index is 0.0152. The Balaban J connectivity index is 2.26. The highest BCUT2D eigenvalue weighted by atomic mass is 35.5. The number of hydrogen-bond donors (Lipinski definition) is 1. The first kappa shape index (κ1) is 12.7. The molecule has 3 rings (SSSR count). The molecule has 0 amide bonds. The van der Waals surface area contributed by atoms with Crippen LogP contribution in [-0.2, 0) is 0 Å². The maximum Gasteiger partial charge on any atom is 0.259 e. The molecular weight excluding hydrogens is 287 g/mol. The largest absolute Gasteiger partial charge is 0.494 e. The monoisotopic (exact) mass is 294 g/mol. The van der Waals surface area contributed by atoms with Crippen molar-refractivity contribution in [3.05, 3.63) is 45.7 Å². The zero-order chi connectivity index (χ0) is 14.3. The number of hydrogen-bond acceptors (Lipinski definition) is 4. The van der Waals surface area contributed by atoms with Crippen molar-refractivity contribution >= 4 is 22.5 Å². The van der Waals surface area contributed by atoms with Gasteiger partial charge in [-0.25, -0.2) is 9.37 Å². The van der Waals surface area contributed by atoms with Crippen molar-refractivity contribution in [1.82, 2.24) is 9.97 Å². The van der Waals surface area contributed by atoms with Crippen LogP contribution in [0.15, 0.2) is 33.5 Å².